The molecule has 2 aromatic rings. The lowest BCUT2D eigenvalue weighted by molar-refractivity contribution is 0.0924. The number of nitrogens with one attached hydrogen (secondary N) is 1. The number of amides is 1. The van der Waals surface area contributed by atoms with E-state index in [1.54, 1.807) is 24.3 Å². The predicted octanol–water partition coefficient (Wildman–Crippen LogP) is 2.92. The van der Waals surface area contributed by atoms with Crippen LogP contribution in [-0.2, 0) is 0 Å². The van der Waals surface area contributed by atoms with E-state index in [2.05, 4.69) is 22.2 Å². The second kappa shape index (κ2) is 7.78. The molecule has 25 heavy (non-hydrogen) atoms. The van der Waals surface area contributed by atoms with E-state index in [1.165, 1.54) is 30.0 Å². The lowest BCUT2D eigenvalue weighted by Gasteiger charge is -2.32. The molecule has 1 aliphatic rings. The van der Waals surface area contributed by atoms with Crippen molar-refractivity contribution in [1.29, 1.82) is 0 Å². The molecule has 1 aromatic carbocycles. The standard InChI is InChI=1S/C19H25FN4O/c1-14-12-17(22-24(14)18-9-5-4-8-16(18)20)19(25)21-13-15(2)23-10-6-3-7-11-23/h4-5,8-9,12,15H,3,6-7,10-11,13H2,1-2H3,(H,21,25). The Labute approximate surface area is 147 Å². The summed E-state index contributed by atoms with van der Waals surface area (Å²) < 4.78 is 15.4. The number of piperidine rings is 1. The second-order valence-corrected chi connectivity index (χ2v) is 6.69. The van der Waals surface area contributed by atoms with Gasteiger partial charge in [-0.15, -0.1) is 0 Å². The molecule has 0 saturated carbocycles. The first kappa shape index (κ1) is 17.6. The number of likely N-dealkylation sites (tertiary alicyclic amines) is 1. The van der Waals surface area contributed by atoms with Crippen LogP contribution in [0.3, 0.4) is 0 Å². The Morgan fingerprint density at radius 3 is 2.72 bits per heavy atom. The molecule has 2 heterocycles. The third kappa shape index (κ3) is 4.07. The third-order valence-corrected chi connectivity index (χ3v) is 4.77. The van der Waals surface area contributed by atoms with Gasteiger partial charge in [-0.2, -0.15) is 5.10 Å². The van der Waals surface area contributed by atoms with Gasteiger partial charge in [0.2, 0.25) is 0 Å². The first-order chi connectivity index (χ1) is 12.1. The summed E-state index contributed by atoms with van der Waals surface area (Å²) in [4.78, 5) is 14.8. The summed E-state index contributed by atoms with van der Waals surface area (Å²) in [5.74, 6) is -0.582. The largest absolute Gasteiger partial charge is 0.349 e. The first-order valence-electron chi connectivity index (χ1n) is 8.90. The van der Waals surface area contributed by atoms with E-state index in [0.717, 1.165) is 18.8 Å². The van der Waals surface area contributed by atoms with Gasteiger partial charge < -0.3 is 5.32 Å². The highest BCUT2D eigenvalue weighted by atomic mass is 19.1. The van der Waals surface area contributed by atoms with Crippen LogP contribution in [0.4, 0.5) is 4.39 Å². The number of halogens is 1. The van der Waals surface area contributed by atoms with Gasteiger partial charge in [0.1, 0.15) is 11.5 Å². The summed E-state index contributed by atoms with van der Waals surface area (Å²) in [6.45, 7) is 6.72. The molecule has 1 aliphatic heterocycles. The fourth-order valence-electron chi connectivity index (χ4n) is 3.27. The normalized spacial score (nSPS) is 16.6. The number of carbonyl (C=O) groups is 1. The molecule has 0 aliphatic carbocycles. The van der Waals surface area contributed by atoms with Gasteiger partial charge in [0.25, 0.3) is 5.91 Å². The number of aromatic nitrogens is 2. The molecule has 1 unspecified atom stereocenters. The van der Waals surface area contributed by atoms with Gasteiger partial charge in [0.05, 0.1) is 0 Å². The van der Waals surface area contributed by atoms with Gasteiger partial charge in [0.15, 0.2) is 5.69 Å². The number of benzene rings is 1. The summed E-state index contributed by atoms with van der Waals surface area (Å²) in [6.07, 6.45) is 3.75. The van der Waals surface area contributed by atoms with Crippen molar-refractivity contribution in [3.8, 4) is 5.69 Å². The average molecular weight is 344 g/mol. The second-order valence-electron chi connectivity index (χ2n) is 6.69. The average Bonchev–Trinajstić information content (AvgIpc) is 3.02. The number of nitrogens with zero attached hydrogens (tertiary/aromatic N) is 3. The van der Waals surface area contributed by atoms with Crippen LogP contribution >= 0.6 is 0 Å². The zero-order valence-corrected chi connectivity index (χ0v) is 14.8. The van der Waals surface area contributed by atoms with Gasteiger partial charge in [-0.3, -0.25) is 9.69 Å². The molecule has 1 fully saturated rings. The van der Waals surface area contributed by atoms with Crippen LogP contribution in [-0.4, -0.2) is 46.3 Å². The Balaban J connectivity index is 1.65. The number of carbonyl (C=O) groups excluding carboxylic acids is 1. The van der Waals surface area contributed by atoms with E-state index < -0.39 is 0 Å². The molecule has 0 radical (unpaired) electrons. The highest BCUT2D eigenvalue weighted by molar-refractivity contribution is 5.92. The number of aryl methyl sites for hydroxylation is 1. The zero-order chi connectivity index (χ0) is 17.8. The number of rotatable bonds is 5. The maximum absolute atomic E-state index is 14.0. The topological polar surface area (TPSA) is 50.2 Å². The van der Waals surface area contributed by atoms with E-state index in [0.29, 0.717) is 24.0 Å². The van der Waals surface area contributed by atoms with E-state index in [9.17, 15) is 9.18 Å². The van der Waals surface area contributed by atoms with E-state index >= 15 is 0 Å². The number of hydrogen-bond donors (Lipinski definition) is 1. The van der Waals surface area contributed by atoms with Crippen LogP contribution in [0.1, 0.15) is 42.4 Å². The molecular weight excluding hydrogens is 319 g/mol. The third-order valence-electron chi connectivity index (χ3n) is 4.77. The summed E-state index contributed by atoms with van der Waals surface area (Å²) in [5.41, 5.74) is 1.38. The summed E-state index contributed by atoms with van der Waals surface area (Å²) >= 11 is 0. The van der Waals surface area contributed by atoms with Crippen LogP contribution in [0, 0.1) is 12.7 Å². The van der Waals surface area contributed by atoms with Gasteiger partial charge in [0, 0.05) is 18.3 Å². The summed E-state index contributed by atoms with van der Waals surface area (Å²) in [6, 6.07) is 8.41. The Morgan fingerprint density at radius 1 is 1.28 bits per heavy atom. The highest BCUT2D eigenvalue weighted by Gasteiger charge is 2.19. The van der Waals surface area contributed by atoms with Crippen molar-refractivity contribution in [2.45, 2.75) is 39.2 Å². The van der Waals surface area contributed by atoms with E-state index in [-0.39, 0.29) is 11.7 Å². The molecule has 1 atom stereocenters. The van der Waals surface area contributed by atoms with Crippen LogP contribution < -0.4 is 5.32 Å². The molecule has 1 aromatic heterocycles. The lowest BCUT2D eigenvalue weighted by atomic mass is 10.1. The molecular formula is C19H25FN4O. The Hall–Kier alpha value is -2.21. The smallest absolute Gasteiger partial charge is 0.271 e. The molecule has 0 spiro atoms. The van der Waals surface area contributed by atoms with Crippen LogP contribution in [0.15, 0.2) is 30.3 Å². The maximum Gasteiger partial charge on any atom is 0.271 e. The van der Waals surface area contributed by atoms with Crippen molar-refractivity contribution in [3.05, 3.63) is 47.5 Å². The van der Waals surface area contributed by atoms with Gasteiger partial charge >= 0.3 is 0 Å². The molecule has 0 bridgehead atoms. The molecule has 1 amide bonds. The van der Waals surface area contributed by atoms with Crippen molar-refractivity contribution < 1.29 is 9.18 Å². The fourth-order valence-corrected chi connectivity index (χ4v) is 3.27. The quantitative estimate of drug-likeness (QED) is 0.907. The molecule has 3 rings (SSSR count). The monoisotopic (exact) mass is 344 g/mol. The minimum absolute atomic E-state index is 0.220. The van der Waals surface area contributed by atoms with Crippen LogP contribution in [0.5, 0.6) is 0 Å². The summed E-state index contributed by atoms with van der Waals surface area (Å²) in [7, 11) is 0. The van der Waals surface area contributed by atoms with Crippen molar-refractivity contribution in [3.63, 3.8) is 0 Å². The molecule has 1 saturated heterocycles. The van der Waals surface area contributed by atoms with Gasteiger partial charge in [-0.1, -0.05) is 18.6 Å². The van der Waals surface area contributed by atoms with Gasteiger partial charge in [-0.05, 0) is 58.0 Å². The Bertz CT molecular complexity index is 737. The highest BCUT2D eigenvalue weighted by Crippen LogP contribution is 2.16. The van der Waals surface area contributed by atoms with E-state index in [1.807, 2.05) is 6.92 Å². The van der Waals surface area contributed by atoms with Crippen LogP contribution in [0.2, 0.25) is 0 Å². The number of hydrogen-bond acceptors (Lipinski definition) is 3. The van der Waals surface area contributed by atoms with Crippen molar-refractivity contribution in [2.75, 3.05) is 19.6 Å². The van der Waals surface area contributed by atoms with Gasteiger partial charge in [-0.25, -0.2) is 9.07 Å². The Morgan fingerprint density at radius 2 is 2.00 bits per heavy atom. The predicted molar refractivity (Wildman–Crippen MR) is 95.5 cm³/mol. The maximum atomic E-state index is 14.0. The first-order valence-corrected chi connectivity index (χ1v) is 8.90. The Kier molecular flexibility index (Phi) is 5.48. The fraction of sp³-hybridized carbons (Fsp3) is 0.474. The van der Waals surface area contributed by atoms with Crippen molar-refractivity contribution >= 4 is 5.91 Å². The minimum Gasteiger partial charge on any atom is -0.349 e. The molecule has 5 nitrogen and oxygen atoms in total. The number of para-hydroxylation sites is 1. The lowest BCUT2D eigenvalue weighted by Crippen LogP contribution is -2.44. The van der Waals surface area contributed by atoms with Crippen LogP contribution in [0.25, 0.3) is 5.69 Å². The van der Waals surface area contributed by atoms with Crippen molar-refractivity contribution in [2.24, 2.45) is 0 Å². The molecule has 1 N–H and O–H groups in total. The summed E-state index contributed by atoms with van der Waals surface area (Å²) in [5, 5.41) is 7.23. The van der Waals surface area contributed by atoms with E-state index in [4.69, 9.17) is 0 Å². The molecule has 6 heteroatoms. The SMILES string of the molecule is Cc1cc(C(=O)NCC(C)N2CCCCC2)nn1-c1ccccc1F. The minimum atomic E-state index is -0.362. The zero-order valence-electron chi connectivity index (χ0n) is 14.8. The van der Waals surface area contributed by atoms with Crippen molar-refractivity contribution in [1.82, 2.24) is 20.0 Å². The molecule has 134 valence electrons.